The smallest absolute Gasteiger partial charge is 0.307 e. The van der Waals surface area contributed by atoms with Gasteiger partial charge in [0.05, 0.1) is 11.8 Å². The zero-order valence-electron chi connectivity index (χ0n) is 15.3. The number of hydrogen-bond acceptors (Lipinski definition) is 3. The summed E-state index contributed by atoms with van der Waals surface area (Å²) < 4.78 is 41.3. The fourth-order valence-electron chi connectivity index (χ4n) is 2.40. The van der Waals surface area contributed by atoms with Crippen molar-refractivity contribution in [3.63, 3.8) is 0 Å². The van der Waals surface area contributed by atoms with E-state index in [0.29, 0.717) is 15.0 Å². The summed E-state index contributed by atoms with van der Waals surface area (Å²) in [5.41, 5.74) is -1.41. The molecule has 2 amide bonds. The monoisotopic (exact) mass is 412 g/mol. The van der Waals surface area contributed by atoms with E-state index >= 15 is 4.39 Å². The third-order valence-electron chi connectivity index (χ3n) is 4.04. The van der Waals surface area contributed by atoms with Gasteiger partial charge < -0.3 is 5.32 Å². The quantitative estimate of drug-likeness (QED) is 0.741. The van der Waals surface area contributed by atoms with E-state index in [0.717, 1.165) is 0 Å². The maximum atomic E-state index is 15.3. The van der Waals surface area contributed by atoms with Crippen LogP contribution in [0.15, 0.2) is 54.6 Å². The molecule has 0 aromatic heterocycles. The Balaban J connectivity index is 2.34. The predicted molar refractivity (Wildman–Crippen MR) is 106 cm³/mol. The van der Waals surface area contributed by atoms with Crippen LogP contribution in [0.2, 0.25) is 5.02 Å². The van der Waals surface area contributed by atoms with E-state index in [9.17, 15) is 13.2 Å². The molecule has 27 heavy (non-hydrogen) atoms. The van der Waals surface area contributed by atoms with Crippen molar-refractivity contribution in [2.24, 2.45) is 0 Å². The molecule has 0 saturated carbocycles. The predicted octanol–water partition coefficient (Wildman–Crippen LogP) is 4.80. The first kappa shape index (κ1) is 21.2. The molecule has 8 heteroatoms. The summed E-state index contributed by atoms with van der Waals surface area (Å²) in [4.78, 5) is 12.7. The van der Waals surface area contributed by atoms with Gasteiger partial charge in [0, 0.05) is 10.7 Å². The molecule has 1 atom stereocenters. The normalized spacial score (nSPS) is 13.9. The highest BCUT2D eigenvalue weighted by Gasteiger charge is 2.38. The number of halogens is 2. The molecule has 0 fully saturated rings. The Hall–Kier alpha value is -2.12. The molecule has 0 aliphatic heterocycles. The highest BCUT2D eigenvalue weighted by Crippen LogP contribution is 2.29. The van der Waals surface area contributed by atoms with Gasteiger partial charge in [0.25, 0.3) is 0 Å². The number of nitrogens with zero attached hydrogens (tertiary/aromatic N) is 1. The second-order valence-corrected chi connectivity index (χ2v) is 9.45. The standard InChI is InChI=1S/C19H22ClFN2O3S/c1-14(2)27(25,26)23(13-19(3,21)15-7-5-4-6-8-15)18(24)22-17-11-9-16(20)10-12-17/h4-12,14H,13H2,1-3H3,(H,22,24). The lowest BCUT2D eigenvalue weighted by atomic mass is 9.98. The van der Waals surface area contributed by atoms with Crippen LogP contribution in [0.4, 0.5) is 14.9 Å². The number of hydrogen-bond donors (Lipinski definition) is 1. The molecule has 0 radical (unpaired) electrons. The number of urea groups is 1. The molecular formula is C19H22ClFN2O3S. The second-order valence-electron chi connectivity index (χ2n) is 6.60. The number of carbonyl (C=O) groups is 1. The molecule has 0 bridgehead atoms. The molecule has 1 unspecified atom stereocenters. The molecule has 2 aromatic carbocycles. The molecule has 0 heterocycles. The van der Waals surface area contributed by atoms with Crippen LogP contribution in [0.1, 0.15) is 26.3 Å². The number of rotatable bonds is 6. The van der Waals surface area contributed by atoms with Gasteiger partial charge in [-0.1, -0.05) is 41.9 Å². The zero-order chi connectivity index (χ0) is 20.2. The van der Waals surface area contributed by atoms with Crippen LogP contribution in [0, 0.1) is 0 Å². The van der Waals surface area contributed by atoms with Crippen molar-refractivity contribution in [3.8, 4) is 0 Å². The minimum atomic E-state index is -4.05. The fourth-order valence-corrected chi connectivity index (χ4v) is 3.73. The van der Waals surface area contributed by atoms with Gasteiger partial charge in [0.2, 0.25) is 10.0 Å². The van der Waals surface area contributed by atoms with Crippen molar-refractivity contribution >= 4 is 33.3 Å². The molecule has 2 aromatic rings. The van der Waals surface area contributed by atoms with Crippen LogP contribution < -0.4 is 5.32 Å². The number of sulfonamides is 1. The summed E-state index contributed by atoms with van der Waals surface area (Å²) in [5, 5.41) is 2.07. The minimum Gasteiger partial charge on any atom is -0.307 e. The minimum absolute atomic E-state index is 0.285. The summed E-state index contributed by atoms with van der Waals surface area (Å²) in [6.07, 6.45) is 0. The van der Waals surface area contributed by atoms with Crippen molar-refractivity contribution in [1.82, 2.24) is 4.31 Å². The van der Waals surface area contributed by atoms with Gasteiger partial charge in [0.15, 0.2) is 5.67 Å². The molecule has 5 nitrogen and oxygen atoms in total. The molecular weight excluding hydrogens is 391 g/mol. The van der Waals surface area contributed by atoms with Gasteiger partial charge >= 0.3 is 6.03 Å². The SMILES string of the molecule is CC(C)S(=O)(=O)N(CC(C)(F)c1ccccc1)C(=O)Nc1ccc(Cl)cc1. The first-order valence-corrected chi connectivity index (χ1v) is 10.2. The van der Waals surface area contributed by atoms with E-state index in [4.69, 9.17) is 11.6 Å². The average Bonchev–Trinajstić information content (AvgIpc) is 2.62. The Labute approximate surface area is 164 Å². The summed E-state index contributed by atoms with van der Waals surface area (Å²) in [7, 11) is -4.05. The van der Waals surface area contributed by atoms with Crippen molar-refractivity contribution < 1.29 is 17.6 Å². The fraction of sp³-hybridized carbons (Fsp3) is 0.316. The van der Waals surface area contributed by atoms with Gasteiger partial charge in [0.1, 0.15) is 0 Å². The van der Waals surface area contributed by atoms with Crippen molar-refractivity contribution in [2.75, 3.05) is 11.9 Å². The average molecular weight is 413 g/mol. The summed E-state index contributed by atoms with van der Waals surface area (Å²) in [6, 6.07) is 13.4. The number of amides is 2. The van der Waals surface area contributed by atoms with Crippen LogP contribution in [0.3, 0.4) is 0 Å². The van der Waals surface area contributed by atoms with E-state index in [1.807, 2.05) is 0 Å². The second kappa shape index (κ2) is 8.27. The lowest BCUT2D eigenvalue weighted by Gasteiger charge is -2.31. The van der Waals surface area contributed by atoms with Crippen molar-refractivity contribution in [1.29, 1.82) is 0 Å². The highest BCUT2D eigenvalue weighted by atomic mass is 35.5. The Morgan fingerprint density at radius 2 is 1.70 bits per heavy atom. The van der Waals surface area contributed by atoms with Gasteiger partial charge in [-0.25, -0.2) is 21.9 Å². The van der Waals surface area contributed by atoms with E-state index in [2.05, 4.69) is 5.32 Å². The van der Waals surface area contributed by atoms with Gasteiger partial charge in [-0.05, 0) is 50.6 Å². The van der Waals surface area contributed by atoms with Gasteiger partial charge in [-0.2, -0.15) is 0 Å². The molecule has 146 valence electrons. The molecule has 0 spiro atoms. The Morgan fingerprint density at radius 3 is 2.22 bits per heavy atom. The number of benzene rings is 2. The summed E-state index contributed by atoms with van der Waals surface area (Å²) >= 11 is 5.81. The lowest BCUT2D eigenvalue weighted by Crippen LogP contribution is -2.48. The van der Waals surface area contributed by atoms with Crippen LogP contribution in [-0.2, 0) is 15.7 Å². The third kappa shape index (κ3) is 5.20. The highest BCUT2D eigenvalue weighted by molar-refractivity contribution is 7.90. The molecule has 1 N–H and O–H groups in total. The van der Waals surface area contributed by atoms with E-state index in [1.54, 1.807) is 42.5 Å². The van der Waals surface area contributed by atoms with Crippen LogP contribution in [-0.4, -0.2) is 30.5 Å². The maximum absolute atomic E-state index is 15.3. The summed E-state index contributed by atoms with van der Waals surface area (Å²) in [6.45, 7) is 3.49. The largest absolute Gasteiger partial charge is 0.335 e. The van der Waals surface area contributed by atoms with Crippen molar-refractivity contribution in [3.05, 3.63) is 65.2 Å². The number of alkyl halides is 1. The van der Waals surface area contributed by atoms with E-state index < -0.39 is 33.5 Å². The third-order valence-corrected chi connectivity index (χ3v) is 6.39. The van der Waals surface area contributed by atoms with Gasteiger partial charge in [-0.3, -0.25) is 0 Å². The number of nitrogens with one attached hydrogen (secondary N) is 1. The Bertz CT molecular complexity index is 885. The first-order chi connectivity index (χ1) is 12.5. The number of anilines is 1. The van der Waals surface area contributed by atoms with Crippen LogP contribution >= 0.6 is 11.6 Å². The van der Waals surface area contributed by atoms with Gasteiger partial charge in [-0.15, -0.1) is 0 Å². The van der Waals surface area contributed by atoms with Crippen LogP contribution in [0.5, 0.6) is 0 Å². The zero-order valence-corrected chi connectivity index (χ0v) is 16.9. The van der Waals surface area contributed by atoms with E-state index in [1.165, 1.54) is 32.9 Å². The Morgan fingerprint density at radius 1 is 1.15 bits per heavy atom. The molecule has 2 rings (SSSR count). The molecule has 0 aliphatic carbocycles. The topological polar surface area (TPSA) is 66.5 Å². The molecule has 0 saturated heterocycles. The van der Waals surface area contributed by atoms with Crippen molar-refractivity contribution in [2.45, 2.75) is 31.7 Å². The molecule has 0 aliphatic rings. The number of carbonyl (C=O) groups excluding carboxylic acids is 1. The van der Waals surface area contributed by atoms with Crippen LogP contribution in [0.25, 0.3) is 0 Å². The Kier molecular flexibility index (Phi) is 6.49. The summed E-state index contributed by atoms with van der Waals surface area (Å²) in [5.74, 6) is 0. The van der Waals surface area contributed by atoms with E-state index in [-0.39, 0.29) is 5.56 Å². The first-order valence-electron chi connectivity index (χ1n) is 8.36. The maximum Gasteiger partial charge on any atom is 0.335 e. The lowest BCUT2D eigenvalue weighted by molar-refractivity contribution is 0.154.